The average molecular weight is 263 g/mol. The fourth-order valence-electron chi connectivity index (χ4n) is 1.97. The van der Waals surface area contributed by atoms with Crippen molar-refractivity contribution in [2.45, 2.75) is 38.6 Å². The van der Waals surface area contributed by atoms with E-state index in [1.54, 1.807) is 7.05 Å². The van der Waals surface area contributed by atoms with Gasteiger partial charge < -0.3 is 4.74 Å². The minimum Gasteiger partial charge on any atom is -0.381 e. The second-order valence-electron chi connectivity index (χ2n) is 4.30. The van der Waals surface area contributed by atoms with Crippen molar-refractivity contribution in [1.29, 1.82) is 0 Å². The van der Waals surface area contributed by atoms with Gasteiger partial charge in [-0.2, -0.15) is 0 Å². The molecule has 0 N–H and O–H groups in total. The first-order valence-corrected chi connectivity index (χ1v) is 7.63. The highest BCUT2D eigenvalue weighted by molar-refractivity contribution is 7.89. The fourth-order valence-corrected chi connectivity index (χ4v) is 3.25. The number of nitrogens with zero attached hydrogens (tertiary/aromatic N) is 1. The monoisotopic (exact) mass is 263 g/mol. The summed E-state index contributed by atoms with van der Waals surface area (Å²) in [6.45, 7) is 2.59. The third-order valence-electron chi connectivity index (χ3n) is 3.16. The van der Waals surface area contributed by atoms with Crippen LogP contribution in [0, 0.1) is 0 Å². The number of sulfonamides is 1. The van der Waals surface area contributed by atoms with Gasteiger partial charge in [-0.05, 0) is 19.8 Å². The molecule has 0 aliphatic heterocycles. The molecule has 5 nitrogen and oxygen atoms in total. The van der Waals surface area contributed by atoms with E-state index in [1.165, 1.54) is 4.31 Å². The summed E-state index contributed by atoms with van der Waals surface area (Å²) in [6, 6.07) is -0.0284. The summed E-state index contributed by atoms with van der Waals surface area (Å²) in [5.41, 5.74) is 0. The van der Waals surface area contributed by atoms with Crippen molar-refractivity contribution >= 4 is 15.8 Å². The molecule has 0 bridgehead atoms. The number of carbonyl (C=O) groups excluding carboxylic acids is 1. The maximum absolute atomic E-state index is 11.9. The number of ketones is 1. The molecule has 6 heteroatoms. The summed E-state index contributed by atoms with van der Waals surface area (Å²) in [5, 5.41) is 0. The summed E-state index contributed by atoms with van der Waals surface area (Å²) in [4.78, 5) is 11.1. The Morgan fingerprint density at radius 1 is 1.35 bits per heavy atom. The van der Waals surface area contributed by atoms with E-state index in [1.807, 2.05) is 6.92 Å². The van der Waals surface area contributed by atoms with Crippen LogP contribution in [0.5, 0.6) is 0 Å². The number of carbonyl (C=O) groups is 1. The zero-order valence-corrected chi connectivity index (χ0v) is 11.3. The molecule has 0 aromatic carbocycles. The predicted molar refractivity (Wildman–Crippen MR) is 65.3 cm³/mol. The van der Waals surface area contributed by atoms with Crippen molar-refractivity contribution in [1.82, 2.24) is 4.31 Å². The molecule has 1 rings (SSSR count). The average Bonchev–Trinajstić information content (AvgIpc) is 2.29. The number of hydrogen-bond acceptors (Lipinski definition) is 4. The van der Waals surface area contributed by atoms with Crippen molar-refractivity contribution in [3.8, 4) is 0 Å². The topological polar surface area (TPSA) is 63.7 Å². The second-order valence-corrected chi connectivity index (χ2v) is 6.45. The van der Waals surface area contributed by atoms with Crippen LogP contribution in [-0.2, 0) is 19.6 Å². The summed E-state index contributed by atoms with van der Waals surface area (Å²) in [6.07, 6.45) is 2.28. The first-order chi connectivity index (χ1) is 7.97. The molecule has 0 unspecified atom stereocenters. The summed E-state index contributed by atoms with van der Waals surface area (Å²) < 4.78 is 30.4. The minimum atomic E-state index is -3.25. The Hall–Kier alpha value is -0.460. The Bertz CT molecular complexity index is 342. The van der Waals surface area contributed by atoms with Gasteiger partial charge in [-0.15, -0.1) is 0 Å². The SMILES string of the molecule is CCOCCS(=O)(=O)N(C)C1CCC(=O)CC1. The van der Waals surface area contributed by atoms with E-state index >= 15 is 0 Å². The van der Waals surface area contributed by atoms with Crippen molar-refractivity contribution in [2.24, 2.45) is 0 Å². The normalized spacial score (nSPS) is 18.9. The molecule has 0 saturated heterocycles. The van der Waals surface area contributed by atoms with E-state index in [0.717, 1.165) is 0 Å². The van der Waals surface area contributed by atoms with Gasteiger partial charge in [0.25, 0.3) is 0 Å². The van der Waals surface area contributed by atoms with Crippen molar-refractivity contribution in [3.05, 3.63) is 0 Å². The standard InChI is InChI=1S/C11H21NO4S/c1-3-16-8-9-17(14,15)12(2)10-4-6-11(13)7-5-10/h10H,3-9H2,1-2H3. The van der Waals surface area contributed by atoms with Crippen LogP contribution in [0.1, 0.15) is 32.6 Å². The maximum Gasteiger partial charge on any atom is 0.216 e. The van der Waals surface area contributed by atoms with Crippen LogP contribution < -0.4 is 0 Å². The van der Waals surface area contributed by atoms with Crippen LogP contribution in [0.4, 0.5) is 0 Å². The van der Waals surface area contributed by atoms with Crippen LogP contribution in [0.2, 0.25) is 0 Å². The van der Waals surface area contributed by atoms with Gasteiger partial charge in [0.05, 0.1) is 12.4 Å². The molecule has 1 fully saturated rings. The fraction of sp³-hybridized carbons (Fsp3) is 0.909. The molecule has 0 atom stereocenters. The van der Waals surface area contributed by atoms with Crippen LogP contribution in [-0.4, -0.2) is 50.6 Å². The highest BCUT2D eigenvalue weighted by atomic mass is 32.2. The molecule has 0 aromatic heterocycles. The predicted octanol–water partition coefficient (Wildman–Crippen LogP) is 0.796. The third-order valence-corrected chi connectivity index (χ3v) is 5.01. The van der Waals surface area contributed by atoms with Gasteiger partial charge >= 0.3 is 0 Å². The lowest BCUT2D eigenvalue weighted by molar-refractivity contribution is -0.120. The largest absolute Gasteiger partial charge is 0.381 e. The molecular weight excluding hydrogens is 242 g/mol. The van der Waals surface area contributed by atoms with E-state index in [0.29, 0.717) is 32.3 Å². The van der Waals surface area contributed by atoms with E-state index in [-0.39, 0.29) is 24.2 Å². The summed E-state index contributed by atoms with van der Waals surface area (Å²) in [7, 11) is -1.65. The molecule has 0 amide bonds. The highest BCUT2D eigenvalue weighted by Gasteiger charge is 2.29. The van der Waals surface area contributed by atoms with Crippen molar-refractivity contribution in [3.63, 3.8) is 0 Å². The van der Waals surface area contributed by atoms with Gasteiger partial charge in [0.2, 0.25) is 10.0 Å². The van der Waals surface area contributed by atoms with E-state index in [2.05, 4.69) is 0 Å². The Balaban J connectivity index is 2.50. The van der Waals surface area contributed by atoms with Crippen LogP contribution in [0.15, 0.2) is 0 Å². The van der Waals surface area contributed by atoms with Gasteiger partial charge in [0, 0.05) is 32.5 Å². The first kappa shape index (κ1) is 14.6. The Morgan fingerprint density at radius 3 is 2.47 bits per heavy atom. The number of ether oxygens (including phenoxy) is 1. The van der Waals surface area contributed by atoms with Crippen molar-refractivity contribution in [2.75, 3.05) is 26.0 Å². The molecule has 17 heavy (non-hydrogen) atoms. The smallest absolute Gasteiger partial charge is 0.216 e. The van der Waals surface area contributed by atoms with Gasteiger partial charge in [0.1, 0.15) is 5.78 Å². The van der Waals surface area contributed by atoms with E-state index in [4.69, 9.17) is 4.74 Å². The molecule has 0 heterocycles. The minimum absolute atomic E-state index is 0.0157. The van der Waals surface area contributed by atoms with Crippen LogP contribution in [0.25, 0.3) is 0 Å². The van der Waals surface area contributed by atoms with Crippen molar-refractivity contribution < 1.29 is 17.9 Å². The molecule has 1 aliphatic carbocycles. The molecule has 0 radical (unpaired) electrons. The Labute approximate surface area is 103 Å². The Kier molecular flexibility index (Phi) is 5.55. The van der Waals surface area contributed by atoms with Crippen LogP contribution >= 0.6 is 0 Å². The second kappa shape index (κ2) is 6.47. The lowest BCUT2D eigenvalue weighted by atomic mass is 9.95. The zero-order chi connectivity index (χ0) is 12.9. The van der Waals surface area contributed by atoms with Gasteiger partial charge in [-0.3, -0.25) is 4.79 Å². The van der Waals surface area contributed by atoms with Gasteiger partial charge in [0.15, 0.2) is 0 Å². The number of hydrogen-bond donors (Lipinski definition) is 0. The molecule has 1 aliphatic rings. The summed E-state index contributed by atoms with van der Waals surface area (Å²) >= 11 is 0. The molecular formula is C11H21NO4S. The quantitative estimate of drug-likeness (QED) is 0.665. The van der Waals surface area contributed by atoms with E-state index in [9.17, 15) is 13.2 Å². The zero-order valence-electron chi connectivity index (χ0n) is 10.5. The third kappa shape index (κ3) is 4.37. The highest BCUT2D eigenvalue weighted by Crippen LogP contribution is 2.21. The molecule has 0 spiro atoms. The first-order valence-electron chi connectivity index (χ1n) is 6.02. The van der Waals surface area contributed by atoms with Gasteiger partial charge in [-0.25, -0.2) is 12.7 Å². The number of rotatable bonds is 6. The maximum atomic E-state index is 11.9. The Morgan fingerprint density at radius 2 is 1.94 bits per heavy atom. The molecule has 100 valence electrons. The molecule has 1 saturated carbocycles. The van der Waals surface area contributed by atoms with Crippen LogP contribution in [0.3, 0.4) is 0 Å². The summed E-state index contributed by atoms with van der Waals surface area (Å²) in [5.74, 6) is 0.253. The lowest BCUT2D eigenvalue weighted by Crippen LogP contribution is -2.41. The van der Waals surface area contributed by atoms with E-state index < -0.39 is 10.0 Å². The molecule has 0 aromatic rings. The lowest BCUT2D eigenvalue weighted by Gasteiger charge is -2.29. The number of Topliss-reactive ketones (excluding diaryl/α,β-unsaturated/α-hetero) is 1. The van der Waals surface area contributed by atoms with Gasteiger partial charge in [-0.1, -0.05) is 0 Å².